The first-order valence-corrected chi connectivity index (χ1v) is 23.3. The highest BCUT2D eigenvalue weighted by Gasteiger charge is 2.27. The van der Waals surface area contributed by atoms with Crippen molar-refractivity contribution >= 4 is 30.5 Å². The monoisotopic (exact) mass is 775 g/mol. The van der Waals surface area contributed by atoms with Gasteiger partial charge in [-0.2, -0.15) is 0 Å². The Labute approximate surface area is 328 Å². The molecule has 2 rings (SSSR count). The van der Waals surface area contributed by atoms with Gasteiger partial charge in [0.05, 0.1) is 0 Å². The minimum atomic E-state index is -4.56. The molecule has 1 N–H and O–H groups in total. The van der Waals surface area contributed by atoms with Gasteiger partial charge in [0.25, 0.3) is 0 Å². The minimum absolute atomic E-state index is 0.180. The van der Waals surface area contributed by atoms with Crippen LogP contribution in [0.4, 0.5) is 0 Å². The zero-order valence-corrected chi connectivity index (χ0v) is 35.0. The molecule has 0 bridgehead atoms. The smallest absolute Gasteiger partial charge is 0.462 e. The van der Waals surface area contributed by atoms with Crippen LogP contribution in [0.3, 0.4) is 0 Å². The van der Waals surface area contributed by atoms with Crippen molar-refractivity contribution in [3.05, 3.63) is 42.5 Å². The van der Waals surface area contributed by atoms with Gasteiger partial charge in [0.15, 0.2) is 6.10 Å². The predicted octanol–water partition coefficient (Wildman–Crippen LogP) is 13.8. The second-order valence-corrected chi connectivity index (χ2v) is 16.5. The molecule has 0 aliphatic heterocycles. The Morgan fingerprint density at radius 2 is 0.981 bits per heavy atom. The molecular weight excluding hydrogens is 699 g/mol. The molecule has 0 amide bonds. The van der Waals surface area contributed by atoms with Gasteiger partial charge in [-0.05, 0) is 35.7 Å². The maximum Gasteiger partial charge on any atom is 0.527 e. The number of hydrogen-bond acceptors (Lipinski definition) is 7. The van der Waals surface area contributed by atoms with Crippen molar-refractivity contribution in [3.8, 4) is 5.75 Å². The predicted molar refractivity (Wildman–Crippen MR) is 222 cm³/mol. The highest BCUT2D eigenvalue weighted by atomic mass is 31.2. The summed E-state index contributed by atoms with van der Waals surface area (Å²) in [5.74, 6) is -0.641. The van der Waals surface area contributed by atoms with Gasteiger partial charge in [0, 0.05) is 12.8 Å². The van der Waals surface area contributed by atoms with E-state index in [2.05, 4.69) is 13.8 Å². The maximum atomic E-state index is 12.9. The van der Waals surface area contributed by atoms with Crippen molar-refractivity contribution in [2.24, 2.45) is 0 Å². The lowest BCUT2D eigenvalue weighted by Gasteiger charge is -2.20. The average Bonchev–Trinajstić information content (AvgIpc) is 3.16. The van der Waals surface area contributed by atoms with Gasteiger partial charge in [0.1, 0.15) is 19.0 Å². The molecule has 0 spiro atoms. The van der Waals surface area contributed by atoms with E-state index in [1.807, 2.05) is 24.3 Å². The topological polar surface area (TPSA) is 108 Å². The largest absolute Gasteiger partial charge is 0.527 e. The van der Waals surface area contributed by atoms with Crippen molar-refractivity contribution in [1.29, 1.82) is 0 Å². The number of carbonyl (C=O) groups excluding carboxylic acids is 2. The SMILES string of the molecule is CCCCCCCCCCCCCCCC(=O)OC[C@H](COP(=O)(O)Oc1ccc2ccccc2c1)OC(=O)CCCCCCCCCCCCCCC. The molecule has 2 aromatic rings. The average molecular weight is 775 g/mol. The van der Waals surface area contributed by atoms with Crippen LogP contribution < -0.4 is 4.52 Å². The maximum absolute atomic E-state index is 12.9. The summed E-state index contributed by atoms with van der Waals surface area (Å²) in [4.78, 5) is 35.8. The summed E-state index contributed by atoms with van der Waals surface area (Å²) in [6.45, 7) is 3.80. The normalized spacial score (nSPS) is 13.1. The first-order chi connectivity index (χ1) is 26.3. The van der Waals surface area contributed by atoms with Gasteiger partial charge in [0.2, 0.25) is 0 Å². The van der Waals surface area contributed by atoms with Crippen molar-refractivity contribution in [2.75, 3.05) is 13.2 Å². The Bertz CT molecular complexity index is 1280. The van der Waals surface area contributed by atoms with Gasteiger partial charge in [-0.1, -0.05) is 198 Å². The van der Waals surface area contributed by atoms with Crippen LogP contribution >= 0.6 is 7.82 Å². The molecule has 0 fully saturated rings. The lowest BCUT2D eigenvalue weighted by Crippen LogP contribution is -2.29. The number of esters is 2. The number of phosphoric ester groups is 1. The number of benzene rings is 2. The third-order valence-corrected chi connectivity index (χ3v) is 11.0. The van der Waals surface area contributed by atoms with E-state index < -0.39 is 26.5 Å². The van der Waals surface area contributed by atoms with Crippen LogP contribution in [-0.2, 0) is 28.2 Å². The molecule has 308 valence electrons. The highest BCUT2D eigenvalue weighted by Crippen LogP contribution is 2.44. The molecule has 0 aliphatic carbocycles. The van der Waals surface area contributed by atoms with E-state index in [9.17, 15) is 19.0 Å². The number of unbranched alkanes of at least 4 members (excludes halogenated alkanes) is 24. The van der Waals surface area contributed by atoms with E-state index in [-0.39, 0.29) is 31.2 Å². The van der Waals surface area contributed by atoms with Gasteiger partial charge in [-0.25, -0.2) is 4.57 Å². The summed E-state index contributed by atoms with van der Waals surface area (Å²) >= 11 is 0. The molecular formula is C45H75O8P. The van der Waals surface area contributed by atoms with Crippen LogP contribution in [0.15, 0.2) is 42.5 Å². The van der Waals surface area contributed by atoms with E-state index in [1.54, 1.807) is 18.2 Å². The molecule has 0 saturated carbocycles. The molecule has 0 aromatic heterocycles. The quantitative estimate of drug-likeness (QED) is 0.0414. The Morgan fingerprint density at radius 1 is 0.556 bits per heavy atom. The molecule has 0 saturated heterocycles. The van der Waals surface area contributed by atoms with E-state index in [0.717, 1.165) is 42.9 Å². The van der Waals surface area contributed by atoms with E-state index in [4.69, 9.17) is 18.5 Å². The first-order valence-electron chi connectivity index (χ1n) is 21.8. The van der Waals surface area contributed by atoms with E-state index >= 15 is 0 Å². The third kappa shape index (κ3) is 25.6. The zero-order valence-electron chi connectivity index (χ0n) is 34.1. The number of hydrogen-bond donors (Lipinski definition) is 1. The minimum Gasteiger partial charge on any atom is -0.462 e. The third-order valence-electron chi connectivity index (χ3n) is 10.1. The second-order valence-electron chi connectivity index (χ2n) is 15.1. The molecule has 2 aromatic carbocycles. The van der Waals surface area contributed by atoms with Gasteiger partial charge >= 0.3 is 19.8 Å². The Kier molecular flexibility index (Phi) is 28.1. The Hall–Kier alpha value is -2.41. The lowest BCUT2D eigenvalue weighted by atomic mass is 10.0. The van der Waals surface area contributed by atoms with E-state index in [0.29, 0.717) is 6.42 Å². The first kappa shape index (κ1) is 47.7. The van der Waals surface area contributed by atoms with E-state index in [1.165, 1.54) is 128 Å². The molecule has 0 heterocycles. The van der Waals surface area contributed by atoms with Crippen molar-refractivity contribution in [3.63, 3.8) is 0 Å². The van der Waals surface area contributed by atoms with Crippen LogP contribution in [0.25, 0.3) is 10.8 Å². The number of carbonyl (C=O) groups is 2. The Morgan fingerprint density at radius 3 is 1.46 bits per heavy atom. The number of phosphoric acid groups is 1. The molecule has 54 heavy (non-hydrogen) atoms. The fourth-order valence-electron chi connectivity index (χ4n) is 6.75. The van der Waals surface area contributed by atoms with Gasteiger partial charge < -0.3 is 14.0 Å². The number of ether oxygens (including phenoxy) is 2. The standard InChI is InChI=1S/C45H75O8P/c1-3-5-7-9-11-13-15-17-19-21-23-25-27-33-44(46)50-38-43(39-51-54(48,49)53-42-36-35-40-31-29-30-32-41(40)37-42)52-45(47)34-28-26-24-22-20-18-16-14-12-10-8-6-4-2/h29-32,35-37,43H,3-28,33-34,38-39H2,1-2H3,(H,48,49)/t43-/m1/s1. The summed E-state index contributed by atoms with van der Waals surface area (Å²) in [6, 6.07) is 12.7. The van der Waals surface area contributed by atoms with Crippen LogP contribution in [0.1, 0.15) is 194 Å². The summed E-state index contributed by atoms with van der Waals surface area (Å²) in [6.07, 6.45) is 31.1. The van der Waals surface area contributed by atoms with Crippen LogP contribution in [-0.4, -0.2) is 36.1 Å². The molecule has 0 radical (unpaired) electrons. The fourth-order valence-corrected chi connectivity index (χ4v) is 7.54. The van der Waals surface area contributed by atoms with Gasteiger partial charge in [-0.15, -0.1) is 0 Å². The summed E-state index contributed by atoms with van der Waals surface area (Å²) in [5.41, 5.74) is 0. The number of rotatable bonds is 36. The highest BCUT2D eigenvalue weighted by molar-refractivity contribution is 7.47. The summed E-state index contributed by atoms with van der Waals surface area (Å²) in [7, 11) is -4.56. The molecule has 0 aliphatic rings. The second kappa shape index (κ2) is 31.8. The lowest BCUT2D eigenvalue weighted by molar-refractivity contribution is -0.161. The fraction of sp³-hybridized carbons (Fsp3) is 0.733. The summed E-state index contributed by atoms with van der Waals surface area (Å²) in [5, 5.41) is 1.82. The van der Waals surface area contributed by atoms with Crippen LogP contribution in [0.2, 0.25) is 0 Å². The molecule has 8 nitrogen and oxygen atoms in total. The van der Waals surface area contributed by atoms with Crippen LogP contribution in [0, 0.1) is 0 Å². The molecule has 2 atom stereocenters. The van der Waals surface area contributed by atoms with Gasteiger partial charge in [-0.3, -0.25) is 19.0 Å². The molecule has 1 unspecified atom stereocenters. The number of fused-ring (bicyclic) bond motifs is 1. The van der Waals surface area contributed by atoms with Crippen molar-refractivity contribution in [1.82, 2.24) is 0 Å². The Balaban J connectivity index is 1.70. The van der Waals surface area contributed by atoms with Crippen LogP contribution in [0.5, 0.6) is 5.75 Å². The zero-order chi connectivity index (χ0) is 39.0. The molecule has 9 heteroatoms. The van der Waals surface area contributed by atoms with Crippen molar-refractivity contribution in [2.45, 2.75) is 200 Å². The summed E-state index contributed by atoms with van der Waals surface area (Å²) < 4.78 is 34.5. The van der Waals surface area contributed by atoms with Crippen molar-refractivity contribution < 1.29 is 37.6 Å².